The quantitative estimate of drug-likeness (QED) is 0.828. The van der Waals surface area contributed by atoms with E-state index in [1.54, 1.807) is 30.3 Å². The molecule has 0 saturated heterocycles. The van der Waals surface area contributed by atoms with Crippen LogP contribution in [0.2, 0.25) is 0 Å². The summed E-state index contributed by atoms with van der Waals surface area (Å²) in [5.41, 5.74) is 2.44. The first-order valence-corrected chi connectivity index (χ1v) is 7.54. The van der Waals surface area contributed by atoms with E-state index in [1.165, 1.54) is 0 Å². The molecule has 0 bridgehead atoms. The van der Waals surface area contributed by atoms with Gasteiger partial charge in [-0.3, -0.25) is 14.5 Å². The zero-order chi connectivity index (χ0) is 17.3. The van der Waals surface area contributed by atoms with E-state index in [4.69, 9.17) is 4.74 Å². The normalized spacial score (nSPS) is 14.7. The van der Waals surface area contributed by atoms with Gasteiger partial charge in [0.25, 0.3) is 11.8 Å². The number of hydrogen-bond donors (Lipinski definition) is 1. The molecule has 2 aromatic rings. The number of imide groups is 1. The molecule has 2 heterocycles. The van der Waals surface area contributed by atoms with Crippen LogP contribution in [0, 0.1) is 13.8 Å². The van der Waals surface area contributed by atoms with Crippen molar-refractivity contribution in [3.63, 3.8) is 0 Å². The van der Waals surface area contributed by atoms with Crippen molar-refractivity contribution < 1.29 is 19.4 Å². The fourth-order valence-corrected chi connectivity index (χ4v) is 2.44. The van der Waals surface area contributed by atoms with E-state index in [0.717, 1.165) is 16.2 Å². The molecule has 1 aliphatic rings. The Bertz CT molecular complexity index is 771. The highest BCUT2D eigenvalue weighted by Crippen LogP contribution is 2.22. The fraction of sp³-hybridized carbons (Fsp3) is 0.294. The van der Waals surface area contributed by atoms with Crippen LogP contribution in [0.1, 0.15) is 32.0 Å². The maximum Gasteiger partial charge on any atom is 0.261 e. The number of ether oxygens (including phenoxy) is 1. The van der Waals surface area contributed by atoms with Crippen LogP contribution >= 0.6 is 0 Å². The Morgan fingerprint density at radius 2 is 1.75 bits per heavy atom. The fourth-order valence-electron chi connectivity index (χ4n) is 2.44. The van der Waals surface area contributed by atoms with E-state index in [-0.39, 0.29) is 13.2 Å². The highest BCUT2D eigenvalue weighted by Gasteiger charge is 2.36. The number of nitrogens with zero attached hydrogens (tertiary/aromatic N) is 3. The molecule has 2 amide bonds. The Kier molecular flexibility index (Phi) is 4.26. The zero-order valence-corrected chi connectivity index (χ0v) is 13.4. The number of carbonyl (C=O) groups excluding carboxylic acids is 2. The minimum absolute atomic E-state index is 0.0927. The van der Waals surface area contributed by atoms with Gasteiger partial charge in [0.2, 0.25) is 5.88 Å². The van der Waals surface area contributed by atoms with Crippen LogP contribution in [0.5, 0.6) is 5.88 Å². The Hall–Kier alpha value is -2.80. The molecule has 1 aromatic heterocycles. The Morgan fingerprint density at radius 1 is 1.12 bits per heavy atom. The first kappa shape index (κ1) is 16.1. The first-order chi connectivity index (χ1) is 11.5. The summed E-state index contributed by atoms with van der Waals surface area (Å²) in [5.74, 6) is -0.513. The number of amides is 2. The molecular weight excluding hydrogens is 310 g/mol. The molecule has 7 nitrogen and oxygen atoms in total. The van der Waals surface area contributed by atoms with Crippen molar-refractivity contribution in [1.29, 1.82) is 0 Å². The molecular formula is C17H17N3O4. The van der Waals surface area contributed by atoms with Crippen molar-refractivity contribution in [2.24, 2.45) is 0 Å². The summed E-state index contributed by atoms with van der Waals surface area (Å²) in [6, 6.07) is 8.32. The summed E-state index contributed by atoms with van der Waals surface area (Å²) in [6.07, 6.45) is -1.02. The van der Waals surface area contributed by atoms with Gasteiger partial charge in [-0.2, -0.15) is 5.10 Å². The molecule has 3 rings (SSSR count). The number of aliphatic hydroxyl groups is 1. The van der Waals surface area contributed by atoms with Gasteiger partial charge >= 0.3 is 0 Å². The highest BCUT2D eigenvalue weighted by atomic mass is 16.5. The van der Waals surface area contributed by atoms with Crippen LogP contribution in [0.15, 0.2) is 30.3 Å². The van der Waals surface area contributed by atoms with Crippen LogP contribution in [0.4, 0.5) is 0 Å². The van der Waals surface area contributed by atoms with Crippen LogP contribution in [0.25, 0.3) is 0 Å². The zero-order valence-electron chi connectivity index (χ0n) is 13.4. The molecule has 7 heteroatoms. The number of fused-ring (bicyclic) bond motifs is 1. The summed E-state index contributed by atoms with van der Waals surface area (Å²) >= 11 is 0. The molecule has 0 aliphatic carbocycles. The minimum Gasteiger partial charge on any atom is -0.474 e. The van der Waals surface area contributed by atoms with Crippen molar-refractivity contribution in [3.8, 4) is 5.88 Å². The second-order valence-electron chi connectivity index (χ2n) is 5.68. The summed E-state index contributed by atoms with van der Waals surface area (Å²) in [4.78, 5) is 25.5. The third kappa shape index (κ3) is 2.98. The van der Waals surface area contributed by atoms with Crippen molar-refractivity contribution >= 4 is 11.8 Å². The highest BCUT2D eigenvalue weighted by molar-refractivity contribution is 6.21. The lowest BCUT2D eigenvalue weighted by Gasteiger charge is -2.18. The number of aromatic nitrogens is 2. The number of β-amino-alcohol motifs (C(OH)–C–C–N with tert-alkyl or cyclic N) is 1. The average Bonchev–Trinajstić information content (AvgIpc) is 2.81. The molecule has 0 spiro atoms. The van der Waals surface area contributed by atoms with Crippen molar-refractivity contribution in [3.05, 3.63) is 52.7 Å². The van der Waals surface area contributed by atoms with Gasteiger partial charge < -0.3 is 9.84 Å². The minimum atomic E-state index is -1.02. The van der Waals surface area contributed by atoms with E-state index in [1.807, 2.05) is 13.8 Å². The molecule has 124 valence electrons. The molecule has 1 N–H and O–H groups in total. The van der Waals surface area contributed by atoms with E-state index < -0.39 is 17.9 Å². The summed E-state index contributed by atoms with van der Waals surface area (Å²) in [5, 5.41) is 17.9. The molecule has 1 aliphatic heterocycles. The standard InChI is InChI=1S/C17H17N3O4/c1-10-7-15(19-18-11(10)2)24-9-12(21)8-20-16(22)13-5-3-4-6-14(13)17(20)23/h3-7,12,21H,8-9H2,1-2H3/t12-/m0/s1. The topological polar surface area (TPSA) is 92.6 Å². The van der Waals surface area contributed by atoms with Crippen molar-refractivity contribution in [1.82, 2.24) is 15.1 Å². The molecule has 1 atom stereocenters. The second kappa shape index (κ2) is 6.37. The lowest BCUT2D eigenvalue weighted by Crippen LogP contribution is -2.39. The predicted octanol–water partition coefficient (Wildman–Crippen LogP) is 1.13. The predicted molar refractivity (Wildman–Crippen MR) is 84.8 cm³/mol. The van der Waals surface area contributed by atoms with Crippen LogP contribution in [-0.4, -0.2) is 51.3 Å². The lowest BCUT2D eigenvalue weighted by molar-refractivity contribution is 0.0451. The smallest absolute Gasteiger partial charge is 0.261 e. The molecule has 24 heavy (non-hydrogen) atoms. The SMILES string of the molecule is Cc1cc(OC[C@@H](O)CN2C(=O)c3ccccc3C2=O)nnc1C. The van der Waals surface area contributed by atoms with Gasteiger partial charge in [0.1, 0.15) is 12.7 Å². The molecule has 1 aromatic carbocycles. The van der Waals surface area contributed by atoms with Gasteiger partial charge in [-0.25, -0.2) is 0 Å². The third-order valence-electron chi connectivity index (χ3n) is 3.90. The monoisotopic (exact) mass is 327 g/mol. The van der Waals surface area contributed by atoms with Gasteiger partial charge in [-0.1, -0.05) is 12.1 Å². The number of benzene rings is 1. The lowest BCUT2D eigenvalue weighted by atomic mass is 10.1. The summed E-state index contributed by atoms with van der Waals surface area (Å²) in [7, 11) is 0. The number of rotatable bonds is 5. The van der Waals surface area contributed by atoms with Gasteiger partial charge in [0.05, 0.1) is 23.4 Å². The third-order valence-corrected chi connectivity index (χ3v) is 3.90. The van der Waals surface area contributed by atoms with E-state index in [2.05, 4.69) is 10.2 Å². The summed E-state index contributed by atoms with van der Waals surface area (Å²) in [6.45, 7) is 3.49. The maximum absolute atomic E-state index is 12.2. The van der Waals surface area contributed by atoms with Crippen molar-refractivity contribution in [2.45, 2.75) is 20.0 Å². The van der Waals surface area contributed by atoms with Crippen LogP contribution < -0.4 is 4.74 Å². The second-order valence-corrected chi connectivity index (χ2v) is 5.68. The van der Waals surface area contributed by atoms with Gasteiger partial charge in [0.15, 0.2) is 0 Å². The number of aliphatic hydroxyl groups excluding tert-OH is 1. The first-order valence-electron chi connectivity index (χ1n) is 7.54. The van der Waals surface area contributed by atoms with E-state index >= 15 is 0 Å². The van der Waals surface area contributed by atoms with Crippen LogP contribution in [0.3, 0.4) is 0 Å². The Morgan fingerprint density at radius 3 is 2.33 bits per heavy atom. The van der Waals surface area contributed by atoms with E-state index in [0.29, 0.717) is 17.0 Å². The molecule has 0 unspecified atom stereocenters. The molecule has 0 radical (unpaired) electrons. The average molecular weight is 327 g/mol. The Labute approximate surface area is 138 Å². The van der Waals surface area contributed by atoms with Crippen molar-refractivity contribution in [2.75, 3.05) is 13.2 Å². The molecule has 0 saturated carbocycles. The van der Waals surface area contributed by atoms with Gasteiger partial charge in [-0.15, -0.1) is 5.10 Å². The number of hydrogen-bond acceptors (Lipinski definition) is 6. The van der Waals surface area contributed by atoms with Gasteiger partial charge in [0, 0.05) is 6.07 Å². The molecule has 0 fully saturated rings. The summed E-state index contributed by atoms with van der Waals surface area (Å²) < 4.78 is 5.39. The van der Waals surface area contributed by atoms with Crippen LogP contribution in [-0.2, 0) is 0 Å². The number of carbonyl (C=O) groups is 2. The number of aryl methyl sites for hydroxylation is 2. The maximum atomic E-state index is 12.2. The Balaban J connectivity index is 1.61. The van der Waals surface area contributed by atoms with Gasteiger partial charge in [-0.05, 0) is 31.5 Å². The van der Waals surface area contributed by atoms with E-state index in [9.17, 15) is 14.7 Å². The largest absolute Gasteiger partial charge is 0.474 e.